The molecule has 1 unspecified atom stereocenters. The molecule has 0 bridgehead atoms. The Labute approximate surface area is 166 Å². The number of aromatic nitrogens is 2. The minimum atomic E-state index is 0.0343. The van der Waals surface area contributed by atoms with E-state index in [1.165, 1.54) is 5.56 Å². The molecule has 1 aromatic heterocycles. The van der Waals surface area contributed by atoms with Gasteiger partial charge in [-0.2, -0.15) is 0 Å². The van der Waals surface area contributed by atoms with Crippen molar-refractivity contribution in [3.63, 3.8) is 0 Å². The summed E-state index contributed by atoms with van der Waals surface area (Å²) in [4.78, 5) is 25.4. The van der Waals surface area contributed by atoms with Crippen LogP contribution in [0.3, 0.4) is 0 Å². The summed E-state index contributed by atoms with van der Waals surface area (Å²) in [5.41, 5.74) is 3.26. The van der Waals surface area contributed by atoms with Crippen LogP contribution < -0.4 is 10.2 Å². The molecule has 2 fully saturated rings. The van der Waals surface area contributed by atoms with Crippen LogP contribution in [0.4, 0.5) is 5.95 Å². The second kappa shape index (κ2) is 8.92. The lowest BCUT2D eigenvalue weighted by atomic mass is 9.97. The molecule has 2 aromatic rings. The Morgan fingerprint density at radius 3 is 3.04 bits per heavy atom. The Balaban J connectivity index is 1.27. The van der Waals surface area contributed by atoms with Crippen LogP contribution in [0, 0.1) is 12.8 Å². The second-order valence-electron chi connectivity index (χ2n) is 7.96. The number of amides is 1. The van der Waals surface area contributed by atoms with Gasteiger partial charge in [0.15, 0.2) is 0 Å². The first-order valence-electron chi connectivity index (χ1n) is 10.5. The number of carbonyl (C=O) groups excluding carboxylic acids is 1. The van der Waals surface area contributed by atoms with Gasteiger partial charge in [-0.25, -0.2) is 4.98 Å². The molecule has 7 nitrogen and oxygen atoms in total. The minimum absolute atomic E-state index is 0.0343. The fourth-order valence-corrected chi connectivity index (χ4v) is 4.13. The van der Waals surface area contributed by atoms with Crippen LogP contribution in [0.2, 0.25) is 0 Å². The fraction of sp³-hybridized carbons (Fsp3) is 0.619. The van der Waals surface area contributed by atoms with E-state index in [0.717, 1.165) is 88.7 Å². The molecule has 0 aliphatic carbocycles. The normalized spacial score (nSPS) is 21.2. The van der Waals surface area contributed by atoms with Gasteiger partial charge in [0.25, 0.3) is 0 Å². The molecule has 0 spiro atoms. The highest BCUT2D eigenvalue weighted by molar-refractivity contribution is 5.80. The third-order valence-corrected chi connectivity index (χ3v) is 5.77. The zero-order valence-corrected chi connectivity index (χ0v) is 16.7. The molecule has 2 N–H and O–H groups in total. The van der Waals surface area contributed by atoms with Gasteiger partial charge in [0, 0.05) is 32.7 Å². The summed E-state index contributed by atoms with van der Waals surface area (Å²) in [5.74, 6) is 1.09. The second-order valence-corrected chi connectivity index (χ2v) is 7.96. The predicted octanol–water partition coefficient (Wildman–Crippen LogP) is 1.93. The average molecular weight is 386 g/mol. The van der Waals surface area contributed by atoms with Crippen LogP contribution in [-0.4, -0.2) is 73.3 Å². The number of anilines is 1. The quantitative estimate of drug-likeness (QED) is 0.744. The number of ether oxygens (including phenoxy) is 1. The highest BCUT2D eigenvalue weighted by Crippen LogP contribution is 2.24. The van der Waals surface area contributed by atoms with Gasteiger partial charge in [0.1, 0.15) is 0 Å². The summed E-state index contributed by atoms with van der Waals surface area (Å²) in [7, 11) is 0. The molecule has 1 aromatic carbocycles. The van der Waals surface area contributed by atoms with E-state index in [1.54, 1.807) is 0 Å². The molecular formula is C21H31N5O2. The molecule has 1 atom stereocenters. The number of rotatable bonds is 6. The number of carbonyl (C=O) groups is 1. The molecule has 2 aliphatic rings. The standard InChI is InChI=1S/C21H31N5O2/c1-16-5-6-18-19(14-16)24-21(23-18)26-9-2-4-17(15-26)20(27)22-7-3-8-25-10-12-28-13-11-25/h5-6,14,17H,2-4,7-13,15H2,1H3,(H,22,27)(H,23,24). The van der Waals surface area contributed by atoms with Gasteiger partial charge in [-0.1, -0.05) is 6.07 Å². The van der Waals surface area contributed by atoms with Gasteiger partial charge in [0.2, 0.25) is 11.9 Å². The van der Waals surface area contributed by atoms with E-state index in [-0.39, 0.29) is 11.8 Å². The van der Waals surface area contributed by atoms with Crippen molar-refractivity contribution in [2.24, 2.45) is 5.92 Å². The van der Waals surface area contributed by atoms with Crippen molar-refractivity contribution in [3.8, 4) is 0 Å². The van der Waals surface area contributed by atoms with Gasteiger partial charge in [-0.05, 0) is 50.4 Å². The Kier molecular flexibility index (Phi) is 6.12. The van der Waals surface area contributed by atoms with Crippen molar-refractivity contribution in [1.29, 1.82) is 0 Å². The molecule has 2 saturated heterocycles. The Morgan fingerprint density at radius 1 is 1.32 bits per heavy atom. The molecule has 1 amide bonds. The number of H-pyrrole nitrogens is 1. The third-order valence-electron chi connectivity index (χ3n) is 5.77. The van der Waals surface area contributed by atoms with Crippen molar-refractivity contribution in [1.82, 2.24) is 20.2 Å². The molecule has 3 heterocycles. The van der Waals surface area contributed by atoms with E-state index in [1.807, 2.05) is 6.07 Å². The lowest BCUT2D eigenvalue weighted by Gasteiger charge is -2.32. The lowest BCUT2D eigenvalue weighted by molar-refractivity contribution is -0.125. The number of nitrogens with zero attached hydrogens (tertiary/aromatic N) is 3. The van der Waals surface area contributed by atoms with E-state index < -0.39 is 0 Å². The fourth-order valence-electron chi connectivity index (χ4n) is 4.13. The molecule has 4 rings (SSSR count). The Morgan fingerprint density at radius 2 is 2.18 bits per heavy atom. The Bertz CT molecular complexity index is 799. The SMILES string of the molecule is Cc1ccc2nc(N3CCCC(C(=O)NCCCN4CCOCC4)C3)[nH]c2c1. The number of fused-ring (bicyclic) bond motifs is 1. The van der Waals surface area contributed by atoms with Crippen LogP contribution in [0.5, 0.6) is 0 Å². The number of morpholine rings is 1. The summed E-state index contributed by atoms with van der Waals surface area (Å²) < 4.78 is 5.37. The smallest absolute Gasteiger partial charge is 0.224 e. The van der Waals surface area contributed by atoms with Crippen LogP contribution in [0.15, 0.2) is 18.2 Å². The van der Waals surface area contributed by atoms with Gasteiger partial charge >= 0.3 is 0 Å². The molecule has 2 aliphatic heterocycles. The van der Waals surface area contributed by atoms with E-state index in [4.69, 9.17) is 9.72 Å². The average Bonchev–Trinajstić information content (AvgIpc) is 3.15. The summed E-state index contributed by atoms with van der Waals surface area (Å²) in [6.07, 6.45) is 2.96. The topological polar surface area (TPSA) is 73.5 Å². The van der Waals surface area contributed by atoms with E-state index in [9.17, 15) is 4.79 Å². The van der Waals surface area contributed by atoms with Gasteiger partial charge < -0.3 is 19.9 Å². The van der Waals surface area contributed by atoms with E-state index in [2.05, 4.69) is 39.2 Å². The molecular weight excluding hydrogens is 354 g/mol. The highest BCUT2D eigenvalue weighted by Gasteiger charge is 2.27. The maximum Gasteiger partial charge on any atom is 0.224 e. The van der Waals surface area contributed by atoms with Crippen molar-refractivity contribution in [3.05, 3.63) is 23.8 Å². The maximum absolute atomic E-state index is 12.6. The van der Waals surface area contributed by atoms with Crippen LogP contribution in [0.25, 0.3) is 11.0 Å². The first-order chi connectivity index (χ1) is 13.7. The maximum atomic E-state index is 12.6. The first-order valence-corrected chi connectivity index (χ1v) is 10.5. The molecule has 28 heavy (non-hydrogen) atoms. The van der Waals surface area contributed by atoms with Crippen LogP contribution in [-0.2, 0) is 9.53 Å². The molecule has 152 valence electrons. The molecule has 0 radical (unpaired) electrons. The monoisotopic (exact) mass is 385 g/mol. The Hall–Kier alpha value is -2.12. The van der Waals surface area contributed by atoms with E-state index >= 15 is 0 Å². The van der Waals surface area contributed by atoms with Crippen LogP contribution >= 0.6 is 0 Å². The number of hydrogen-bond acceptors (Lipinski definition) is 5. The minimum Gasteiger partial charge on any atom is -0.379 e. The summed E-state index contributed by atoms with van der Waals surface area (Å²) in [6.45, 7) is 9.19. The van der Waals surface area contributed by atoms with Gasteiger partial charge in [0.05, 0.1) is 30.2 Å². The number of aromatic amines is 1. The van der Waals surface area contributed by atoms with Crippen molar-refractivity contribution in [2.45, 2.75) is 26.2 Å². The largest absolute Gasteiger partial charge is 0.379 e. The first kappa shape index (κ1) is 19.2. The highest BCUT2D eigenvalue weighted by atomic mass is 16.5. The van der Waals surface area contributed by atoms with Crippen molar-refractivity contribution in [2.75, 3.05) is 57.4 Å². The molecule has 0 saturated carbocycles. The van der Waals surface area contributed by atoms with Gasteiger partial charge in [-0.3, -0.25) is 9.69 Å². The zero-order chi connectivity index (χ0) is 19.3. The van der Waals surface area contributed by atoms with Gasteiger partial charge in [-0.15, -0.1) is 0 Å². The van der Waals surface area contributed by atoms with Crippen molar-refractivity contribution < 1.29 is 9.53 Å². The number of piperidine rings is 1. The lowest BCUT2D eigenvalue weighted by Crippen LogP contribution is -2.44. The van der Waals surface area contributed by atoms with Crippen LogP contribution in [0.1, 0.15) is 24.8 Å². The van der Waals surface area contributed by atoms with Crippen molar-refractivity contribution >= 4 is 22.9 Å². The summed E-state index contributed by atoms with van der Waals surface area (Å²) in [5, 5.41) is 3.14. The summed E-state index contributed by atoms with van der Waals surface area (Å²) in [6, 6.07) is 6.25. The predicted molar refractivity (Wildman–Crippen MR) is 111 cm³/mol. The number of nitrogens with one attached hydrogen (secondary N) is 2. The molecule has 7 heteroatoms. The number of imidazole rings is 1. The third kappa shape index (κ3) is 4.64. The number of benzene rings is 1. The summed E-state index contributed by atoms with van der Waals surface area (Å²) >= 11 is 0. The number of aryl methyl sites for hydroxylation is 1. The van der Waals surface area contributed by atoms with E-state index in [0.29, 0.717) is 0 Å². The zero-order valence-electron chi connectivity index (χ0n) is 16.7. The number of hydrogen-bond donors (Lipinski definition) is 2.